The maximum atomic E-state index is 4.78. The van der Waals surface area contributed by atoms with Crippen LogP contribution in [0.2, 0.25) is 0 Å². The summed E-state index contributed by atoms with van der Waals surface area (Å²) in [6.45, 7) is 13.7. The smallest absolute Gasteiger partial charge is 0.0593 e. The van der Waals surface area contributed by atoms with Gasteiger partial charge in [0.15, 0.2) is 0 Å². The average molecular weight is 300 g/mol. The average Bonchev–Trinajstić information content (AvgIpc) is 2.51. The minimum Gasteiger partial charge on any atom is -0.266 e. The Labute approximate surface area is 136 Å². The van der Waals surface area contributed by atoms with Crippen molar-refractivity contribution in [1.29, 1.82) is 0 Å². The molecule has 1 aromatic carbocycles. The SMILES string of the molecule is C=C(C)CCC[C@@H](C)CCN(N=C(C)CC)c1ccccc1. The Balaban J connectivity index is 2.56. The molecular formula is C20H32N2. The van der Waals surface area contributed by atoms with E-state index >= 15 is 0 Å². The molecule has 2 nitrogen and oxygen atoms in total. The highest BCUT2D eigenvalue weighted by Gasteiger charge is 2.09. The van der Waals surface area contributed by atoms with Crippen molar-refractivity contribution in [2.24, 2.45) is 11.0 Å². The van der Waals surface area contributed by atoms with Gasteiger partial charge in [0, 0.05) is 12.3 Å². The minimum atomic E-state index is 0.725. The molecule has 0 saturated heterocycles. The maximum Gasteiger partial charge on any atom is 0.0593 e. The summed E-state index contributed by atoms with van der Waals surface area (Å²) in [6.07, 6.45) is 5.84. The lowest BCUT2D eigenvalue weighted by Gasteiger charge is -2.22. The summed E-state index contributed by atoms with van der Waals surface area (Å²) >= 11 is 0. The molecule has 122 valence electrons. The molecule has 2 heteroatoms. The Kier molecular flexibility index (Phi) is 8.57. The number of benzene rings is 1. The van der Waals surface area contributed by atoms with E-state index in [0.29, 0.717) is 0 Å². The van der Waals surface area contributed by atoms with E-state index in [1.54, 1.807) is 0 Å². The van der Waals surface area contributed by atoms with Crippen LogP contribution in [-0.2, 0) is 0 Å². The van der Waals surface area contributed by atoms with Gasteiger partial charge in [0.1, 0.15) is 0 Å². The zero-order valence-electron chi connectivity index (χ0n) is 14.8. The van der Waals surface area contributed by atoms with Crippen molar-refractivity contribution in [2.75, 3.05) is 11.6 Å². The molecule has 0 aliphatic heterocycles. The molecule has 22 heavy (non-hydrogen) atoms. The van der Waals surface area contributed by atoms with Gasteiger partial charge in [-0.3, -0.25) is 5.01 Å². The first kappa shape index (κ1) is 18.5. The van der Waals surface area contributed by atoms with Gasteiger partial charge >= 0.3 is 0 Å². The lowest BCUT2D eigenvalue weighted by molar-refractivity contribution is 0.473. The number of rotatable bonds is 10. The van der Waals surface area contributed by atoms with Crippen molar-refractivity contribution in [3.63, 3.8) is 0 Å². The molecule has 0 radical (unpaired) electrons. The maximum absolute atomic E-state index is 4.78. The van der Waals surface area contributed by atoms with Gasteiger partial charge < -0.3 is 0 Å². The van der Waals surface area contributed by atoms with Crippen molar-refractivity contribution in [3.8, 4) is 0 Å². The van der Waals surface area contributed by atoms with Gasteiger partial charge in [0.05, 0.1) is 5.69 Å². The fourth-order valence-electron chi connectivity index (χ4n) is 2.35. The van der Waals surface area contributed by atoms with Gasteiger partial charge in [0.2, 0.25) is 0 Å². The van der Waals surface area contributed by atoms with E-state index in [1.165, 1.54) is 36.2 Å². The zero-order chi connectivity index (χ0) is 16.4. The van der Waals surface area contributed by atoms with Crippen LogP contribution in [0.1, 0.15) is 59.8 Å². The van der Waals surface area contributed by atoms with Gasteiger partial charge in [0.25, 0.3) is 0 Å². The Morgan fingerprint density at radius 1 is 1.18 bits per heavy atom. The van der Waals surface area contributed by atoms with Crippen molar-refractivity contribution < 1.29 is 0 Å². The fraction of sp³-hybridized carbons (Fsp3) is 0.550. The summed E-state index contributed by atoms with van der Waals surface area (Å²) in [5, 5.41) is 6.94. The molecule has 0 aliphatic carbocycles. The summed E-state index contributed by atoms with van der Waals surface area (Å²) in [4.78, 5) is 0. The van der Waals surface area contributed by atoms with Gasteiger partial charge in [-0.2, -0.15) is 5.10 Å². The predicted molar refractivity (Wildman–Crippen MR) is 99.6 cm³/mol. The van der Waals surface area contributed by atoms with Crippen LogP contribution in [-0.4, -0.2) is 12.3 Å². The molecule has 0 heterocycles. The topological polar surface area (TPSA) is 15.6 Å². The normalized spacial score (nSPS) is 13.0. The highest BCUT2D eigenvalue weighted by atomic mass is 15.5. The number of hydrazone groups is 1. The minimum absolute atomic E-state index is 0.725. The second-order valence-electron chi connectivity index (χ2n) is 6.39. The molecule has 0 amide bonds. The van der Waals surface area contributed by atoms with Crippen LogP contribution in [0.25, 0.3) is 0 Å². The molecule has 0 aliphatic rings. The Hall–Kier alpha value is -1.57. The summed E-state index contributed by atoms with van der Waals surface area (Å²) in [7, 11) is 0. The largest absolute Gasteiger partial charge is 0.266 e. The molecule has 0 aromatic heterocycles. The van der Waals surface area contributed by atoms with E-state index in [2.05, 4.69) is 69.6 Å². The molecule has 0 fully saturated rings. The molecule has 1 atom stereocenters. The molecule has 0 saturated carbocycles. The molecule has 1 aromatic rings. The Bertz CT molecular complexity index is 462. The number of nitrogens with zero attached hydrogens (tertiary/aromatic N) is 2. The first-order valence-corrected chi connectivity index (χ1v) is 8.54. The van der Waals surface area contributed by atoms with Gasteiger partial charge in [-0.05, 0) is 57.6 Å². The van der Waals surface area contributed by atoms with Gasteiger partial charge in [-0.1, -0.05) is 44.0 Å². The first-order valence-electron chi connectivity index (χ1n) is 8.54. The number of hydrogen-bond acceptors (Lipinski definition) is 2. The van der Waals surface area contributed by atoms with E-state index in [1.807, 2.05) is 0 Å². The zero-order valence-corrected chi connectivity index (χ0v) is 14.8. The molecule has 0 spiro atoms. The van der Waals surface area contributed by atoms with Crippen LogP contribution in [0.15, 0.2) is 47.6 Å². The monoisotopic (exact) mass is 300 g/mol. The highest BCUT2D eigenvalue weighted by Crippen LogP contribution is 2.19. The van der Waals surface area contributed by atoms with Crippen molar-refractivity contribution in [3.05, 3.63) is 42.5 Å². The number of hydrogen-bond donors (Lipinski definition) is 0. The Morgan fingerprint density at radius 3 is 2.45 bits per heavy atom. The van der Waals surface area contributed by atoms with E-state index in [9.17, 15) is 0 Å². The highest BCUT2D eigenvalue weighted by molar-refractivity contribution is 5.82. The van der Waals surface area contributed by atoms with Crippen molar-refractivity contribution in [2.45, 2.75) is 59.8 Å². The summed E-state index contributed by atoms with van der Waals surface area (Å²) in [5.74, 6) is 0.725. The third kappa shape index (κ3) is 7.44. The van der Waals surface area contributed by atoms with Crippen LogP contribution in [0.3, 0.4) is 0 Å². The van der Waals surface area contributed by atoms with Gasteiger partial charge in [-0.25, -0.2) is 0 Å². The fourth-order valence-corrected chi connectivity index (χ4v) is 2.35. The standard InChI is InChI=1S/C20H32N2/c1-6-19(5)21-22(20-13-8-7-9-14-20)16-15-18(4)12-10-11-17(2)3/h7-9,13-14,18H,2,6,10-12,15-16H2,1,3-5H3/t18-/m1/s1. The third-order valence-electron chi connectivity index (χ3n) is 3.99. The number of allylic oxidation sites excluding steroid dienone is 1. The van der Waals surface area contributed by atoms with E-state index in [4.69, 9.17) is 5.10 Å². The number of anilines is 1. The quantitative estimate of drug-likeness (QED) is 0.292. The Morgan fingerprint density at radius 2 is 1.86 bits per heavy atom. The second kappa shape index (κ2) is 10.2. The van der Waals surface area contributed by atoms with Crippen molar-refractivity contribution >= 4 is 11.4 Å². The van der Waals surface area contributed by atoms with E-state index < -0.39 is 0 Å². The summed E-state index contributed by atoms with van der Waals surface area (Å²) < 4.78 is 0. The van der Waals surface area contributed by atoms with E-state index in [0.717, 1.165) is 25.3 Å². The van der Waals surface area contributed by atoms with Crippen LogP contribution in [0, 0.1) is 5.92 Å². The molecular weight excluding hydrogens is 268 g/mol. The van der Waals surface area contributed by atoms with Crippen LogP contribution in [0.5, 0.6) is 0 Å². The van der Waals surface area contributed by atoms with Crippen LogP contribution in [0.4, 0.5) is 5.69 Å². The lowest BCUT2D eigenvalue weighted by Crippen LogP contribution is -2.21. The summed E-state index contributed by atoms with van der Waals surface area (Å²) in [5.41, 5.74) is 3.66. The molecule has 0 unspecified atom stereocenters. The van der Waals surface area contributed by atoms with Crippen LogP contribution < -0.4 is 5.01 Å². The van der Waals surface area contributed by atoms with E-state index in [-0.39, 0.29) is 0 Å². The van der Waals surface area contributed by atoms with Crippen LogP contribution >= 0.6 is 0 Å². The molecule has 0 N–H and O–H groups in total. The van der Waals surface area contributed by atoms with Gasteiger partial charge in [-0.15, -0.1) is 6.58 Å². The summed E-state index contributed by atoms with van der Waals surface area (Å²) in [6, 6.07) is 10.5. The molecule has 0 bridgehead atoms. The lowest BCUT2D eigenvalue weighted by atomic mass is 9.99. The third-order valence-corrected chi connectivity index (χ3v) is 3.99. The van der Waals surface area contributed by atoms with Crippen molar-refractivity contribution in [1.82, 2.24) is 0 Å². The first-order chi connectivity index (χ1) is 10.5. The second-order valence-corrected chi connectivity index (χ2v) is 6.39. The predicted octanol–water partition coefficient (Wildman–Crippen LogP) is 6.05. The molecule has 1 rings (SSSR count). The number of para-hydroxylation sites is 1.